The number of nitrogens with one attached hydrogen (secondary N) is 1. The Labute approximate surface area is 120 Å². The molecule has 2 aliphatic carbocycles. The fraction of sp³-hybridized carbons (Fsp3) is 0.647. The summed E-state index contributed by atoms with van der Waals surface area (Å²) in [6.07, 6.45) is 3.93. The van der Waals surface area contributed by atoms with Crippen LogP contribution in [-0.4, -0.2) is 13.2 Å². The second kappa shape index (κ2) is 4.37. The van der Waals surface area contributed by atoms with Crippen molar-refractivity contribution in [3.63, 3.8) is 0 Å². The van der Waals surface area contributed by atoms with Gasteiger partial charge in [0.1, 0.15) is 0 Å². The van der Waals surface area contributed by atoms with Crippen molar-refractivity contribution in [2.45, 2.75) is 46.1 Å². The van der Waals surface area contributed by atoms with E-state index in [1.807, 2.05) is 6.07 Å². The normalized spacial score (nSPS) is 34.2. The summed E-state index contributed by atoms with van der Waals surface area (Å²) in [6, 6.07) is 5.48. The molecule has 3 rings (SSSR count). The van der Waals surface area contributed by atoms with Gasteiger partial charge in [0.15, 0.2) is 11.6 Å². The van der Waals surface area contributed by atoms with E-state index in [1.165, 1.54) is 32.4 Å². The lowest BCUT2D eigenvalue weighted by Crippen LogP contribution is -2.45. The molecule has 2 nitrogen and oxygen atoms in total. The molecule has 0 aromatic heterocycles. The van der Waals surface area contributed by atoms with Crippen molar-refractivity contribution in [3.8, 4) is 5.75 Å². The quantitative estimate of drug-likeness (QED) is 0.880. The van der Waals surface area contributed by atoms with Gasteiger partial charge >= 0.3 is 0 Å². The first-order chi connectivity index (χ1) is 9.37. The average Bonchev–Trinajstić information content (AvgIpc) is 2.87. The Kier molecular flexibility index (Phi) is 3.00. The van der Waals surface area contributed by atoms with Crippen molar-refractivity contribution in [3.05, 3.63) is 24.0 Å². The number of hydrogen-bond acceptors (Lipinski definition) is 2. The number of halogens is 1. The zero-order valence-electron chi connectivity index (χ0n) is 12.8. The molecule has 0 radical (unpaired) electrons. The van der Waals surface area contributed by atoms with E-state index in [9.17, 15) is 4.39 Å². The van der Waals surface area contributed by atoms with Gasteiger partial charge in [-0.15, -0.1) is 0 Å². The molecular formula is C17H24FNO. The Bertz CT molecular complexity index is 523. The number of fused-ring (bicyclic) bond motifs is 2. The number of hydrogen-bond donors (Lipinski definition) is 1. The summed E-state index contributed by atoms with van der Waals surface area (Å²) in [4.78, 5) is 0. The van der Waals surface area contributed by atoms with Crippen LogP contribution in [0.4, 0.5) is 10.1 Å². The molecule has 20 heavy (non-hydrogen) atoms. The average molecular weight is 277 g/mol. The minimum atomic E-state index is -0.309. The molecule has 3 heteroatoms. The molecule has 2 aliphatic rings. The van der Waals surface area contributed by atoms with E-state index < -0.39 is 0 Å². The fourth-order valence-corrected chi connectivity index (χ4v) is 4.58. The number of rotatable bonds is 3. The third kappa shape index (κ3) is 1.90. The van der Waals surface area contributed by atoms with Gasteiger partial charge in [0, 0.05) is 17.8 Å². The smallest absolute Gasteiger partial charge is 0.165 e. The maximum atomic E-state index is 13.5. The minimum absolute atomic E-state index is 0.286. The zero-order chi connectivity index (χ0) is 14.5. The van der Waals surface area contributed by atoms with Crippen molar-refractivity contribution >= 4 is 5.69 Å². The Morgan fingerprint density at radius 1 is 1.30 bits per heavy atom. The van der Waals surface area contributed by atoms with Crippen LogP contribution in [-0.2, 0) is 0 Å². The maximum absolute atomic E-state index is 13.5. The van der Waals surface area contributed by atoms with E-state index >= 15 is 0 Å². The Morgan fingerprint density at radius 2 is 2.05 bits per heavy atom. The SMILES string of the molecule is COc1cc(NC2C3(C)CCC(C3)C2(C)C)ccc1F. The van der Waals surface area contributed by atoms with Crippen molar-refractivity contribution < 1.29 is 9.13 Å². The van der Waals surface area contributed by atoms with Gasteiger partial charge in [0.2, 0.25) is 0 Å². The third-order valence-corrected chi connectivity index (χ3v) is 5.73. The lowest BCUT2D eigenvalue weighted by Gasteiger charge is -2.43. The molecule has 1 N–H and O–H groups in total. The van der Waals surface area contributed by atoms with E-state index in [1.54, 1.807) is 6.07 Å². The molecule has 3 atom stereocenters. The van der Waals surface area contributed by atoms with Crippen LogP contribution in [0.3, 0.4) is 0 Å². The van der Waals surface area contributed by atoms with Crippen molar-refractivity contribution in [2.75, 3.05) is 12.4 Å². The molecule has 0 aliphatic heterocycles. The van der Waals surface area contributed by atoms with E-state index in [0.29, 0.717) is 17.2 Å². The molecular weight excluding hydrogens is 253 g/mol. The molecule has 110 valence electrons. The monoisotopic (exact) mass is 277 g/mol. The standard InChI is InChI=1S/C17H24FNO/c1-16(2)11-7-8-17(3,10-11)15(16)19-12-5-6-13(18)14(9-12)20-4/h5-6,9,11,15,19H,7-8,10H2,1-4H3. The lowest BCUT2D eigenvalue weighted by atomic mass is 9.68. The molecule has 1 aromatic rings. The highest BCUT2D eigenvalue weighted by molar-refractivity contribution is 5.50. The van der Waals surface area contributed by atoms with E-state index in [0.717, 1.165) is 11.6 Å². The van der Waals surface area contributed by atoms with Crippen LogP contribution in [0.2, 0.25) is 0 Å². The van der Waals surface area contributed by atoms with Crippen molar-refractivity contribution in [1.82, 2.24) is 0 Å². The molecule has 0 spiro atoms. The topological polar surface area (TPSA) is 21.3 Å². The van der Waals surface area contributed by atoms with Crippen LogP contribution in [0.1, 0.15) is 40.0 Å². The Balaban J connectivity index is 1.87. The molecule has 2 fully saturated rings. The number of benzene rings is 1. The summed E-state index contributed by atoms with van der Waals surface area (Å²) in [6.45, 7) is 7.11. The second-order valence-corrected chi connectivity index (χ2v) is 7.34. The van der Waals surface area contributed by atoms with Gasteiger partial charge < -0.3 is 10.1 Å². The number of methoxy groups -OCH3 is 1. The van der Waals surface area contributed by atoms with E-state index in [2.05, 4.69) is 26.1 Å². The van der Waals surface area contributed by atoms with Crippen molar-refractivity contribution in [1.29, 1.82) is 0 Å². The largest absolute Gasteiger partial charge is 0.494 e. The molecule has 2 bridgehead atoms. The maximum Gasteiger partial charge on any atom is 0.165 e. The second-order valence-electron chi connectivity index (χ2n) is 7.34. The summed E-state index contributed by atoms with van der Waals surface area (Å²) in [5.74, 6) is 0.796. The molecule has 0 heterocycles. The van der Waals surface area contributed by atoms with Gasteiger partial charge in [0.25, 0.3) is 0 Å². The highest BCUT2D eigenvalue weighted by atomic mass is 19.1. The molecule has 1 aromatic carbocycles. The lowest BCUT2D eigenvalue weighted by molar-refractivity contribution is 0.155. The van der Waals surface area contributed by atoms with Gasteiger partial charge in [0.05, 0.1) is 7.11 Å². The van der Waals surface area contributed by atoms with E-state index in [-0.39, 0.29) is 11.2 Å². The summed E-state index contributed by atoms with van der Waals surface area (Å²) in [7, 11) is 1.50. The Morgan fingerprint density at radius 3 is 2.65 bits per heavy atom. The first kappa shape index (κ1) is 13.7. The van der Waals surface area contributed by atoms with Crippen LogP contribution < -0.4 is 10.1 Å². The van der Waals surface area contributed by atoms with Crippen LogP contribution in [0, 0.1) is 22.6 Å². The predicted molar refractivity (Wildman–Crippen MR) is 79.6 cm³/mol. The zero-order valence-corrected chi connectivity index (χ0v) is 12.8. The summed E-state index contributed by atoms with van der Waals surface area (Å²) in [5, 5.41) is 3.66. The molecule has 2 saturated carbocycles. The Hall–Kier alpha value is -1.25. The first-order valence-corrected chi connectivity index (χ1v) is 7.47. The van der Waals surface area contributed by atoms with Crippen LogP contribution in [0.5, 0.6) is 5.75 Å². The van der Waals surface area contributed by atoms with Crippen LogP contribution >= 0.6 is 0 Å². The molecule has 0 saturated heterocycles. The first-order valence-electron chi connectivity index (χ1n) is 7.47. The molecule has 0 amide bonds. The fourth-order valence-electron chi connectivity index (χ4n) is 4.58. The summed E-state index contributed by atoms with van der Waals surface area (Å²) in [5.41, 5.74) is 1.60. The van der Waals surface area contributed by atoms with Crippen molar-refractivity contribution in [2.24, 2.45) is 16.7 Å². The van der Waals surface area contributed by atoms with E-state index in [4.69, 9.17) is 4.74 Å². The summed E-state index contributed by atoms with van der Waals surface area (Å²) >= 11 is 0. The minimum Gasteiger partial charge on any atom is -0.494 e. The van der Waals surface area contributed by atoms with Gasteiger partial charge in [-0.3, -0.25) is 0 Å². The number of ether oxygens (including phenoxy) is 1. The number of anilines is 1. The third-order valence-electron chi connectivity index (χ3n) is 5.73. The van der Waals surface area contributed by atoms with Gasteiger partial charge in [-0.1, -0.05) is 20.8 Å². The van der Waals surface area contributed by atoms with Gasteiger partial charge in [-0.2, -0.15) is 0 Å². The summed E-state index contributed by atoms with van der Waals surface area (Å²) < 4.78 is 18.6. The van der Waals surface area contributed by atoms with Gasteiger partial charge in [-0.05, 0) is 48.1 Å². The highest BCUT2D eigenvalue weighted by Gasteiger charge is 2.59. The predicted octanol–water partition coefficient (Wildman–Crippen LogP) is 4.46. The van der Waals surface area contributed by atoms with Crippen LogP contribution in [0.15, 0.2) is 18.2 Å². The van der Waals surface area contributed by atoms with Crippen LogP contribution in [0.25, 0.3) is 0 Å². The highest BCUT2D eigenvalue weighted by Crippen LogP contribution is 2.63. The van der Waals surface area contributed by atoms with Gasteiger partial charge in [-0.25, -0.2) is 4.39 Å². The molecule has 3 unspecified atom stereocenters.